The van der Waals surface area contributed by atoms with Crippen molar-refractivity contribution in [1.29, 1.82) is 0 Å². The minimum atomic E-state index is -0.382. The minimum absolute atomic E-state index is 0.0183. The molecule has 8 nitrogen and oxygen atoms in total. The molecule has 4 aromatic rings. The first-order valence-electron chi connectivity index (χ1n) is 13.3. The normalized spacial score (nSPS) is 15.4. The summed E-state index contributed by atoms with van der Waals surface area (Å²) in [5, 5.41) is 1.65. The second kappa shape index (κ2) is 11.3. The fourth-order valence-corrected chi connectivity index (χ4v) is 5.65. The topological polar surface area (TPSA) is 108 Å². The van der Waals surface area contributed by atoms with Gasteiger partial charge >= 0.3 is 0 Å². The van der Waals surface area contributed by atoms with Crippen LogP contribution in [0.25, 0.3) is 11.0 Å². The first-order chi connectivity index (χ1) is 19.1. The zero-order valence-corrected chi connectivity index (χ0v) is 24.0. The molecule has 40 heavy (non-hydrogen) atoms. The number of imide groups is 1. The summed E-state index contributed by atoms with van der Waals surface area (Å²) in [4.78, 5) is 27.9. The van der Waals surface area contributed by atoms with Crippen LogP contribution in [-0.4, -0.2) is 32.6 Å². The first kappa shape index (κ1) is 27.6. The Kier molecular flexibility index (Phi) is 7.76. The van der Waals surface area contributed by atoms with Crippen molar-refractivity contribution in [2.24, 2.45) is 7.05 Å². The van der Waals surface area contributed by atoms with Crippen LogP contribution in [0.2, 0.25) is 0 Å². The van der Waals surface area contributed by atoms with Crippen molar-refractivity contribution in [1.82, 2.24) is 14.9 Å². The van der Waals surface area contributed by atoms with Gasteiger partial charge in [-0.15, -0.1) is 0 Å². The summed E-state index contributed by atoms with van der Waals surface area (Å²) in [5.74, 6) is 2.05. The second-order valence-electron chi connectivity index (χ2n) is 11.0. The summed E-state index contributed by atoms with van der Waals surface area (Å²) in [5.41, 5.74) is 12.2. The summed E-state index contributed by atoms with van der Waals surface area (Å²) in [7, 11) is 1.96. The van der Waals surface area contributed by atoms with E-state index in [0.29, 0.717) is 25.4 Å². The number of ether oxygens (including phenoxy) is 2. The van der Waals surface area contributed by atoms with E-state index in [-0.39, 0.29) is 21.8 Å². The molecule has 2 amide bonds. The number of nitrogens with one attached hydrogen (secondary N) is 1. The number of hydrogen-bond donors (Lipinski definition) is 2. The number of nitrogens with zero attached hydrogens (tertiary/aromatic N) is 2. The van der Waals surface area contributed by atoms with Gasteiger partial charge in [-0.3, -0.25) is 14.9 Å². The molecule has 5 rings (SSSR count). The Morgan fingerprint density at radius 1 is 0.975 bits per heavy atom. The molecule has 0 spiro atoms. The fourth-order valence-electron chi connectivity index (χ4n) is 4.79. The SMILES string of the molecule is Cn1c(COc2ccc(CC3SC(=O)NC3=O)cc2)nc2ccc(OCCc3ccc(C(C)(C)C)c(N)c3)cc21. The van der Waals surface area contributed by atoms with Crippen molar-refractivity contribution in [2.45, 2.75) is 50.9 Å². The van der Waals surface area contributed by atoms with Crippen LogP contribution in [0.5, 0.6) is 11.5 Å². The number of nitrogen functional groups attached to an aromatic ring is 1. The lowest BCUT2D eigenvalue weighted by Gasteiger charge is -2.21. The molecule has 1 aliphatic rings. The van der Waals surface area contributed by atoms with Crippen molar-refractivity contribution >= 4 is 39.6 Å². The molecule has 1 unspecified atom stereocenters. The van der Waals surface area contributed by atoms with E-state index in [4.69, 9.17) is 20.2 Å². The van der Waals surface area contributed by atoms with Gasteiger partial charge < -0.3 is 19.8 Å². The molecule has 9 heteroatoms. The van der Waals surface area contributed by atoms with Crippen LogP contribution >= 0.6 is 11.8 Å². The number of aryl methyl sites for hydroxylation is 1. The van der Waals surface area contributed by atoms with Crippen LogP contribution in [-0.2, 0) is 36.7 Å². The maximum Gasteiger partial charge on any atom is 0.286 e. The Balaban J connectivity index is 1.16. The lowest BCUT2D eigenvalue weighted by Crippen LogP contribution is -2.25. The van der Waals surface area contributed by atoms with E-state index in [1.165, 1.54) is 0 Å². The standard InChI is InChI=1S/C31H34N4O4S/c1-31(2,3)23-11-7-20(15-24(23)32)13-14-38-22-10-12-25-26(17-22)35(4)28(33-25)18-39-21-8-5-19(6-9-21)16-27-29(36)34-30(37)40-27/h5-12,15,17,27H,13-14,16,18,32H2,1-4H3,(H,34,36,37). The number of anilines is 1. The number of imidazole rings is 1. The molecule has 0 bridgehead atoms. The van der Waals surface area contributed by atoms with E-state index >= 15 is 0 Å². The number of fused-ring (bicyclic) bond motifs is 1. The van der Waals surface area contributed by atoms with Crippen molar-refractivity contribution < 1.29 is 19.1 Å². The second-order valence-corrected chi connectivity index (χ2v) is 12.2. The molecule has 0 saturated carbocycles. The molecule has 1 fully saturated rings. The molecule has 3 N–H and O–H groups in total. The molecule has 2 heterocycles. The maximum atomic E-state index is 11.8. The number of hydrogen-bond acceptors (Lipinski definition) is 7. The Labute approximate surface area is 238 Å². The minimum Gasteiger partial charge on any atom is -0.493 e. The number of thioether (sulfide) groups is 1. The van der Waals surface area contributed by atoms with Gasteiger partial charge in [0.05, 0.1) is 22.9 Å². The zero-order valence-electron chi connectivity index (χ0n) is 23.2. The molecule has 1 atom stereocenters. The van der Waals surface area contributed by atoms with Gasteiger partial charge in [-0.25, -0.2) is 4.98 Å². The molecular weight excluding hydrogens is 524 g/mol. The summed E-state index contributed by atoms with van der Waals surface area (Å²) < 4.78 is 14.1. The Bertz CT molecular complexity index is 1560. The Hall–Kier alpha value is -3.98. The van der Waals surface area contributed by atoms with E-state index in [9.17, 15) is 9.59 Å². The summed E-state index contributed by atoms with van der Waals surface area (Å²) in [6.07, 6.45) is 1.26. The highest BCUT2D eigenvalue weighted by atomic mass is 32.2. The van der Waals surface area contributed by atoms with Crippen molar-refractivity contribution in [2.75, 3.05) is 12.3 Å². The van der Waals surface area contributed by atoms with Gasteiger partial charge in [0.25, 0.3) is 5.24 Å². The average Bonchev–Trinajstić information content (AvgIpc) is 3.39. The fraction of sp³-hybridized carbons (Fsp3) is 0.323. The highest BCUT2D eigenvalue weighted by Gasteiger charge is 2.31. The number of carbonyl (C=O) groups excluding carboxylic acids is 2. The smallest absolute Gasteiger partial charge is 0.286 e. The molecule has 208 valence electrons. The van der Waals surface area contributed by atoms with E-state index < -0.39 is 0 Å². The Morgan fingerprint density at radius 3 is 2.38 bits per heavy atom. The predicted octanol–water partition coefficient (Wildman–Crippen LogP) is 5.55. The van der Waals surface area contributed by atoms with E-state index in [2.05, 4.69) is 38.2 Å². The largest absolute Gasteiger partial charge is 0.493 e. The van der Waals surface area contributed by atoms with Gasteiger partial charge in [0.1, 0.15) is 23.9 Å². The molecule has 1 aliphatic heterocycles. The number of rotatable bonds is 9. The van der Waals surface area contributed by atoms with Gasteiger partial charge in [0.15, 0.2) is 0 Å². The molecule has 1 aromatic heterocycles. The van der Waals surface area contributed by atoms with Gasteiger partial charge in [-0.2, -0.15) is 0 Å². The van der Waals surface area contributed by atoms with Crippen LogP contribution < -0.4 is 20.5 Å². The number of carbonyl (C=O) groups is 2. The van der Waals surface area contributed by atoms with Crippen LogP contribution in [0.3, 0.4) is 0 Å². The quantitative estimate of drug-likeness (QED) is 0.259. The highest BCUT2D eigenvalue weighted by Crippen LogP contribution is 2.29. The summed E-state index contributed by atoms with van der Waals surface area (Å²) in [6, 6.07) is 19.7. The van der Waals surface area contributed by atoms with Gasteiger partial charge in [0.2, 0.25) is 5.91 Å². The highest BCUT2D eigenvalue weighted by molar-refractivity contribution is 8.15. The monoisotopic (exact) mass is 558 g/mol. The third kappa shape index (κ3) is 6.25. The van der Waals surface area contributed by atoms with Crippen molar-refractivity contribution in [3.05, 3.63) is 83.2 Å². The van der Waals surface area contributed by atoms with Gasteiger partial charge in [-0.05, 0) is 58.9 Å². The summed E-state index contributed by atoms with van der Waals surface area (Å²) in [6.45, 7) is 7.34. The molecule has 0 aliphatic carbocycles. The number of benzene rings is 3. The molecule has 0 radical (unpaired) electrons. The van der Waals surface area contributed by atoms with Crippen LogP contribution in [0.15, 0.2) is 60.7 Å². The van der Waals surface area contributed by atoms with Gasteiger partial charge in [0, 0.05) is 25.2 Å². The Morgan fingerprint density at radius 2 is 1.70 bits per heavy atom. The lowest BCUT2D eigenvalue weighted by molar-refractivity contribution is -0.118. The first-order valence-corrected chi connectivity index (χ1v) is 14.1. The van der Waals surface area contributed by atoms with E-state index in [0.717, 1.165) is 63.2 Å². The molecule has 1 saturated heterocycles. The maximum absolute atomic E-state index is 11.8. The van der Waals surface area contributed by atoms with E-state index in [1.54, 1.807) is 0 Å². The lowest BCUT2D eigenvalue weighted by atomic mass is 9.85. The van der Waals surface area contributed by atoms with Crippen molar-refractivity contribution in [3.63, 3.8) is 0 Å². The third-order valence-electron chi connectivity index (χ3n) is 7.01. The van der Waals surface area contributed by atoms with E-state index in [1.807, 2.05) is 60.1 Å². The van der Waals surface area contributed by atoms with Crippen molar-refractivity contribution in [3.8, 4) is 11.5 Å². The predicted molar refractivity (Wildman–Crippen MR) is 159 cm³/mol. The van der Waals surface area contributed by atoms with Crippen LogP contribution in [0.4, 0.5) is 10.5 Å². The zero-order chi connectivity index (χ0) is 28.4. The molecular formula is C31H34N4O4S. The average molecular weight is 559 g/mol. The number of nitrogens with two attached hydrogens (primary N) is 1. The number of amides is 2. The van der Waals surface area contributed by atoms with Gasteiger partial charge in [-0.1, -0.05) is 56.8 Å². The summed E-state index contributed by atoms with van der Waals surface area (Å²) >= 11 is 1.03. The molecule has 3 aromatic carbocycles. The van der Waals surface area contributed by atoms with Crippen LogP contribution in [0.1, 0.15) is 43.3 Å². The van der Waals surface area contributed by atoms with Crippen LogP contribution in [0, 0.1) is 0 Å². The third-order valence-corrected chi connectivity index (χ3v) is 7.99. The number of aromatic nitrogens is 2.